The number of aromatic amines is 1. The standard InChI is InChI=1S/C12H8N3/c1-2-6-10-9(5-1)14-12(15-10)11-7-3-4-8-13-11/h1-7H,(H,14,15). The second-order valence-electron chi connectivity index (χ2n) is 3.25. The molecule has 3 nitrogen and oxygen atoms in total. The van der Waals surface area contributed by atoms with Crippen LogP contribution in [0.4, 0.5) is 0 Å². The summed E-state index contributed by atoms with van der Waals surface area (Å²) in [5.74, 6) is 0.785. The fraction of sp³-hybridized carbons (Fsp3) is 0. The van der Waals surface area contributed by atoms with Crippen LogP contribution in [0.5, 0.6) is 0 Å². The number of hydrogen-bond acceptors (Lipinski definition) is 2. The smallest absolute Gasteiger partial charge is 0.157 e. The zero-order valence-electron chi connectivity index (χ0n) is 7.94. The number of hydrogen-bond donors (Lipinski definition) is 1. The van der Waals surface area contributed by atoms with Crippen molar-refractivity contribution in [1.82, 2.24) is 15.0 Å². The van der Waals surface area contributed by atoms with E-state index in [9.17, 15) is 0 Å². The minimum atomic E-state index is 0.785. The Balaban J connectivity index is 2.21. The van der Waals surface area contributed by atoms with E-state index < -0.39 is 0 Å². The van der Waals surface area contributed by atoms with E-state index in [1.54, 1.807) is 6.07 Å². The van der Waals surface area contributed by atoms with E-state index in [4.69, 9.17) is 0 Å². The fourth-order valence-corrected chi connectivity index (χ4v) is 1.53. The first-order valence-corrected chi connectivity index (χ1v) is 4.72. The van der Waals surface area contributed by atoms with Crippen molar-refractivity contribution >= 4 is 11.0 Å². The summed E-state index contributed by atoms with van der Waals surface area (Å²) in [6, 6.07) is 13.5. The average molecular weight is 194 g/mol. The minimum absolute atomic E-state index is 0.785. The van der Waals surface area contributed by atoms with Crippen molar-refractivity contribution in [2.24, 2.45) is 0 Å². The molecule has 1 radical (unpaired) electrons. The van der Waals surface area contributed by atoms with Crippen LogP contribution in [0.2, 0.25) is 0 Å². The van der Waals surface area contributed by atoms with Gasteiger partial charge in [-0.3, -0.25) is 0 Å². The Bertz CT molecular complexity index is 551. The predicted molar refractivity (Wildman–Crippen MR) is 58.2 cm³/mol. The molecule has 0 saturated carbocycles. The highest BCUT2D eigenvalue weighted by molar-refractivity contribution is 5.78. The van der Waals surface area contributed by atoms with Gasteiger partial charge in [-0.1, -0.05) is 18.2 Å². The lowest BCUT2D eigenvalue weighted by molar-refractivity contribution is 1.23. The summed E-state index contributed by atoms with van der Waals surface area (Å²) in [6.07, 6.45) is 2.79. The van der Waals surface area contributed by atoms with Crippen molar-refractivity contribution < 1.29 is 0 Å². The van der Waals surface area contributed by atoms with E-state index in [0.717, 1.165) is 22.6 Å². The third-order valence-corrected chi connectivity index (χ3v) is 2.24. The monoisotopic (exact) mass is 194 g/mol. The number of benzene rings is 1. The van der Waals surface area contributed by atoms with Crippen LogP contribution in [0.25, 0.3) is 22.6 Å². The molecule has 0 atom stereocenters. The van der Waals surface area contributed by atoms with E-state index in [2.05, 4.69) is 21.1 Å². The summed E-state index contributed by atoms with van der Waals surface area (Å²) in [6.45, 7) is 0. The second-order valence-corrected chi connectivity index (χ2v) is 3.25. The van der Waals surface area contributed by atoms with Crippen molar-refractivity contribution in [3.05, 3.63) is 48.7 Å². The molecule has 3 rings (SSSR count). The molecule has 71 valence electrons. The largest absolute Gasteiger partial charge is 0.337 e. The molecular weight excluding hydrogens is 186 g/mol. The van der Waals surface area contributed by atoms with Crippen molar-refractivity contribution in [3.8, 4) is 11.5 Å². The highest BCUT2D eigenvalue weighted by Crippen LogP contribution is 2.17. The molecule has 1 N–H and O–H groups in total. The van der Waals surface area contributed by atoms with Crippen LogP contribution in [-0.2, 0) is 0 Å². The summed E-state index contributed by atoms with van der Waals surface area (Å²) >= 11 is 0. The van der Waals surface area contributed by atoms with E-state index in [-0.39, 0.29) is 0 Å². The summed E-state index contributed by atoms with van der Waals surface area (Å²) in [4.78, 5) is 11.8. The molecule has 0 bridgehead atoms. The lowest BCUT2D eigenvalue weighted by atomic mass is 10.3. The van der Waals surface area contributed by atoms with Crippen molar-refractivity contribution in [2.45, 2.75) is 0 Å². The Morgan fingerprint density at radius 2 is 2.00 bits per heavy atom. The van der Waals surface area contributed by atoms with Gasteiger partial charge in [0.05, 0.1) is 17.2 Å². The first-order chi connectivity index (χ1) is 7.43. The normalized spacial score (nSPS) is 10.7. The van der Waals surface area contributed by atoms with Crippen LogP contribution in [0.15, 0.2) is 42.5 Å². The predicted octanol–water partition coefficient (Wildman–Crippen LogP) is 2.43. The zero-order chi connectivity index (χ0) is 10.1. The van der Waals surface area contributed by atoms with Gasteiger partial charge in [-0.25, -0.2) is 9.97 Å². The molecule has 15 heavy (non-hydrogen) atoms. The Morgan fingerprint density at radius 1 is 1.07 bits per heavy atom. The van der Waals surface area contributed by atoms with Crippen molar-refractivity contribution in [2.75, 3.05) is 0 Å². The number of rotatable bonds is 1. The Hall–Kier alpha value is -2.16. The first kappa shape index (κ1) is 8.17. The molecule has 0 fully saturated rings. The average Bonchev–Trinajstić information content (AvgIpc) is 2.74. The molecule has 2 heterocycles. The number of nitrogens with zero attached hydrogens (tertiary/aromatic N) is 2. The molecular formula is C12H8N3. The van der Waals surface area contributed by atoms with Crippen LogP contribution in [0.1, 0.15) is 0 Å². The van der Waals surface area contributed by atoms with Crippen molar-refractivity contribution in [1.29, 1.82) is 0 Å². The van der Waals surface area contributed by atoms with E-state index in [1.807, 2.05) is 36.4 Å². The Labute approximate surface area is 86.8 Å². The van der Waals surface area contributed by atoms with Gasteiger partial charge in [0.1, 0.15) is 5.69 Å². The molecule has 0 aliphatic rings. The number of fused-ring (bicyclic) bond motifs is 1. The van der Waals surface area contributed by atoms with Gasteiger partial charge < -0.3 is 4.98 Å². The molecule has 0 aliphatic carbocycles. The van der Waals surface area contributed by atoms with Gasteiger partial charge >= 0.3 is 0 Å². The quantitative estimate of drug-likeness (QED) is 0.646. The van der Waals surface area contributed by atoms with Crippen LogP contribution in [-0.4, -0.2) is 15.0 Å². The fourth-order valence-electron chi connectivity index (χ4n) is 1.53. The van der Waals surface area contributed by atoms with Gasteiger partial charge in [0.25, 0.3) is 0 Å². The molecule has 3 heteroatoms. The number of aromatic nitrogens is 3. The topological polar surface area (TPSA) is 41.6 Å². The van der Waals surface area contributed by atoms with Crippen LogP contribution in [0.3, 0.4) is 0 Å². The minimum Gasteiger partial charge on any atom is -0.337 e. The van der Waals surface area contributed by atoms with Crippen LogP contribution < -0.4 is 0 Å². The number of nitrogens with one attached hydrogen (secondary N) is 1. The molecule has 0 aliphatic heterocycles. The van der Waals surface area contributed by atoms with Gasteiger partial charge in [0.15, 0.2) is 5.82 Å². The Kier molecular flexibility index (Phi) is 1.75. The van der Waals surface area contributed by atoms with E-state index >= 15 is 0 Å². The summed E-state index contributed by atoms with van der Waals surface area (Å²) in [5, 5.41) is 0. The van der Waals surface area contributed by atoms with Gasteiger partial charge in [-0.2, -0.15) is 0 Å². The maximum Gasteiger partial charge on any atom is 0.157 e. The number of para-hydroxylation sites is 2. The van der Waals surface area contributed by atoms with E-state index in [0.29, 0.717) is 0 Å². The van der Waals surface area contributed by atoms with Crippen LogP contribution >= 0.6 is 0 Å². The summed E-state index contributed by atoms with van der Waals surface area (Å²) in [7, 11) is 0. The highest BCUT2D eigenvalue weighted by Gasteiger charge is 2.04. The lowest BCUT2D eigenvalue weighted by Crippen LogP contribution is -1.83. The van der Waals surface area contributed by atoms with Gasteiger partial charge in [-0.05, 0) is 24.3 Å². The zero-order valence-corrected chi connectivity index (χ0v) is 7.94. The lowest BCUT2D eigenvalue weighted by Gasteiger charge is -1.91. The molecule has 1 aromatic carbocycles. The van der Waals surface area contributed by atoms with E-state index in [1.165, 1.54) is 0 Å². The first-order valence-electron chi connectivity index (χ1n) is 4.72. The third kappa shape index (κ3) is 1.38. The summed E-state index contributed by atoms with van der Waals surface area (Å²) < 4.78 is 0. The van der Waals surface area contributed by atoms with Gasteiger partial charge in [-0.15, -0.1) is 0 Å². The van der Waals surface area contributed by atoms with Crippen molar-refractivity contribution in [3.63, 3.8) is 0 Å². The molecule has 0 spiro atoms. The number of imidazole rings is 1. The van der Waals surface area contributed by atoms with Crippen LogP contribution in [0, 0.1) is 6.20 Å². The molecule has 0 unspecified atom stereocenters. The maximum absolute atomic E-state index is 4.44. The SMILES string of the molecule is [c]1cccc(-c2nc3ccccc3[nH]2)n1. The second kappa shape index (κ2) is 3.20. The molecule has 3 aromatic rings. The molecule has 0 saturated heterocycles. The Morgan fingerprint density at radius 3 is 2.80 bits per heavy atom. The third-order valence-electron chi connectivity index (χ3n) is 2.24. The van der Waals surface area contributed by atoms with Gasteiger partial charge in [0.2, 0.25) is 0 Å². The maximum atomic E-state index is 4.44. The number of H-pyrrole nitrogens is 1. The molecule has 0 amide bonds. The molecule has 2 aromatic heterocycles. The van der Waals surface area contributed by atoms with Gasteiger partial charge in [0, 0.05) is 0 Å². The number of pyridine rings is 1. The summed E-state index contributed by atoms with van der Waals surface area (Å²) in [5.41, 5.74) is 2.80. The highest BCUT2D eigenvalue weighted by atomic mass is 14.9.